The molecule has 5 rings (SSSR count). The summed E-state index contributed by atoms with van der Waals surface area (Å²) in [5.74, 6) is 1.91. The van der Waals surface area contributed by atoms with Crippen molar-refractivity contribution in [2.75, 3.05) is 0 Å². The first-order chi connectivity index (χ1) is 16.3. The van der Waals surface area contributed by atoms with Crippen molar-refractivity contribution in [2.24, 2.45) is 0 Å². The third-order valence-electron chi connectivity index (χ3n) is 5.96. The van der Waals surface area contributed by atoms with Crippen molar-refractivity contribution in [1.82, 2.24) is 19.2 Å². The minimum Gasteiger partial charge on any atom is -0.292 e. The van der Waals surface area contributed by atoms with Crippen LogP contribution in [-0.2, 0) is 13.0 Å². The standard InChI is InChI=1S/C28H25N5/c1-2-3-13-27-31-33-26(23-9-5-4-6-10-23)19-30-28(33)32(27)20-21-14-16-22(17-15-21)25-12-8-7-11-24(25)18-29/h4-12,14-17,19H,2-3,13,20H2,1H3. The number of nitrogens with zero attached hydrogens (tertiary/aromatic N) is 5. The molecule has 0 radical (unpaired) electrons. The van der Waals surface area contributed by atoms with Crippen molar-refractivity contribution < 1.29 is 0 Å². The fraction of sp³-hybridized carbons (Fsp3) is 0.179. The number of hydrogen-bond acceptors (Lipinski definition) is 3. The molecule has 0 amide bonds. The van der Waals surface area contributed by atoms with Crippen LogP contribution in [0, 0.1) is 11.3 Å². The predicted octanol–water partition coefficient (Wildman–Crippen LogP) is 6.13. The summed E-state index contributed by atoms with van der Waals surface area (Å²) in [7, 11) is 0. The molecule has 0 saturated carbocycles. The Morgan fingerprint density at radius 2 is 1.64 bits per heavy atom. The van der Waals surface area contributed by atoms with Crippen LogP contribution in [0.2, 0.25) is 0 Å². The van der Waals surface area contributed by atoms with Crippen LogP contribution in [0.15, 0.2) is 85.1 Å². The van der Waals surface area contributed by atoms with Gasteiger partial charge in [-0.2, -0.15) is 14.9 Å². The van der Waals surface area contributed by atoms with Crippen LogP contribution in [0.4, 0.5) is 0 Å². The topological polar surface area (TPSA) is 58.9 Å². The van der Waals surface area contributed by atoms with E-state index in [1.807, 2.05) is 53.2 Å². The average Bonchev–Trinajstić information content (AvgIpc) is 3.43. The molecule has 5 nitrogen and oxygen atoms in total. The van der Waals surface area contributed by atoms with Crippen LogP contribution >= 0.6 is 0 Å². The monoisotopic (exact) mass is 431 g/mol. The minimum absolute atomic E-state index is 0.689. The van der Waals surface area contributed by atoms with E-state index >= 15 is 0 Å². The second kappa shape index (κ2) is 9.13. The first kappa shape index (κ1) is 20.7. The van der Waals surface area contributed by atoms with Gasteiger partial charge in [-0.3, -0.25) is 4.57 Å². The van der Waals surface area contributed by atoms with Crippen LogP contribution in [0.1, 0.15) is 36.7 Å². The Hall–Kier alpha value is -4.17. The Balaban J connectivity index is 1.50. The van der Waals surface area contributed by atoms with Gasteiger partial charge in [-0.25, -0.2) is 4.98 Å². The van der Waals surface area contributed by atoms with Gasteiger partial charge in [0.2, 0.25) is 5.78 Å². The van der Waals surface area contributed by atoms with Gasteiger partial charge in [0.05, 0.1) is 30.1 Å². The van der Waals surface area contributed by atoms with Gasteiger partial charge < -0.3 is 0 Å². The zero-order valence-corrected chi connectivity index (χ0v) is 18.6. The van der Waals surface area contributed by atoms with Crippen LogP contribution in [0.25, 0.3) is 28.2 Å². The summed E-state index contributed by atoms with van der Waals surface area (Å²) < 4.78 is 4.19. The van der Waals surface area contributed by atoms with Crippen molar-refractivity contribution in [3.8, 4) is 28.5 Å². The largest absolute Gasteiger partial charge is 0.292 e. The molecule has 5 heteroatoms. The van der Waals surface area contributed by atoms with Gasteiger partial charge in [-0.05, 0) is 29.2 Å². The molecule has 0 unspecified atom stereocenters. The van der Waals surface area contributed by atoms with Crippen LogP contribution in [-0.4, -0.2) is 19.2 Å². The molecule has 2 heterocycles. The number of imidazole rings is 1. The van der Waals surface area contributed by atoms with Gasteiger partial charge in [-0.15, -0.1) is 0 Å². The zero-order chi connectivity index (χ0) is 22.6. The van der Waals surface area contributed by atoms with Crippen molar-refractivity contribution in [2.45, 2.75) is 32.7 Å². The van der Waals surface area contributed by atoms with Gasteiger partial charge in [0.15, 0.2) is 0 Å². The van der Waals surface area contributed by atoms with Gasteiger partial charge >= 0.3 is 0 Å². The molecular formula is C28H25N5. The van der Waals surface area contributed by atoms with E-state index in [4.69, 9.17) is 10.1 Å². The Labute approximate surface area is 193 Å². The molecule has 0 N–H and O–H groups in total. The van der Waals surface area contributed by atoms with Gasteiger partial charge in [0.1, 0.15) is 5.82 Å². The maximum atomic E-state index is 9.42. The number of benzene rings is 3. The molecule has 2 aromatic heterocycles. The van der Waals surface area contributed by atoms with E-state index in [0.717, 1.165) is 53.2 Å². The highest BCUT2D eigenvalue weighted by atomic mass is 15.4. The zero-order valence-electron chi connectivity index (χ0n) is 18.6. The normalized spacial score (nSPS) is 11.0. The molecule has 0 fully saturated rings. The van der Waals surface area contributed by atoms with Crippen LogP contribution in [0.5, 0.6) is 0 Å². The first-order valence-corrected chi connectivity index (χ1v) is 11.4. The lowest BCUT2D eigenvalue weighted by atomic mass is 9.99. The SMILES string of the molecule is CCCCc1nn2c(-c3ccccc3)cnc2n1Cc1ccc(-c2ccccc2C#N)cc1. The van der Waals surface area contributed by atoms with E-state index in [0.29, 0.717) is 12.1 Å². The highest BCUT2D eigenvalue weighted by molar-refractivity contribution is 5.70. The smallest absolute Gasteiger partial charge is 0.233 e. The predicted molar refractivity (Wildman–Crippen MR) is 131 cm³/mol. The second-order valence-electron chi connectivity index (χ2n) is 8.18. The molecule has 0 aliphatic carbocycles. The quantitative estimate of drug-likeness (QED) is 0.312. The van der Waals surface area contributed by atoms with Crippen molar-refractivity contribution >= 4 is 5.78 Å². The van der Waals surface area contributed by atoms with Gasteiger partial charge in [-0.1, -0.05) is 86.1 Å². The third-order valence-corrected chi connectivity index (χ3v) is 5.96. The maximum Gasteiger partial charge on any atom is 0.233 e. The summed E-state index contributed by atoms with van der Waals surface area (Å²) in [4.78, 5) is 4.74. The number of aromatic nitrogens is 4. The highest BCUT2D eigenvalue weighted by Crippen LogP contribution is 2.25. The van der Waals surface area contributed by atoms with Gasteiger partial charge in [0.25, 0.3) is 0 Å². The summed E-state index contributed by atoms with van der Waals surface area (Å²) in [6, 6.07) is 28.7. The van der Waals surface area contributed by atoms with E-state index in [1.165, 1.54) is 5.56 Å². The number of rotatable bonds is 7. The maximum absolute atomic E-state index is 9.42. The summed E-state index contributed by atoms with van der Waals surface area (Å²) in [6.45, 7) is 2.90. The summed E-state index contributed by atoms with van der Waals surface area (Å²) in [5.41, 5.74) is 5.98. The fourth-order valence-corrected chi connectivity index (χ4v) is 4.20. The highest BCUT2D eigenvalue weighted by Gasteiger charge is 2.16. The Morgan fingerprint density at radius 1 is 0.879 bits per heavy atom. The summed E-state index contributed by atoms with van der Waals surface area (Å²) >= 11 is 0. The Kier molecular flexibility index (Phi) is 5.73. The van der Waals surface area contributed by atoms with Crippen LogP contribution < -0.4 is 0 Å². The lowest BCUT2D eigenvalue weighted by molar-refractivity contribution is 0.682. The molecule has 33 heavy (non-hydrogen) atoms. The lowest BCUT2D eigenvalue weighted by Crippen LogP contribution is -2.06. The number of hydrogen-bond donors (Lipinski definition) is 0. The van der Waals surface area contributed by atoms with E-state index in [-0.39, 0.29) is 0 Å². The van der Waals surface area contributed by atoms with E-state index in [1.54, 1.807) is 0 Å². The van der Waals surface area contributed by atoms with E-state index in [2.05, 4.69) is 54.0 Å². The Bertz CT molecular complexity index is 1420. The molecule has 162 valence electrons. The third kappa shape index (κ3) is 4.04. The molecular weight excluding hydrogens is 406 g/mol. The molecule has 0 spiro atoms. The molecule has 3 aromatic carbocycles. The van der Waals surface area contributed by atoms with Crippen molar-refractivity contribution in [1.29, 1.82) is 5.26 Å². The second-order valence-corrected chi connectivity index (χ2v) is 8.18. The summed E-state index contributed by atoms with van der Waals surface area (Å²) in [6.07, 6.45) is 5.03. The molecule has 5 aromatic rings. The minimum atomic E-state index is 0.689. The number of aryl methyl sites for hydroxylation is 1. The number of fused-ring (bicyclic) bond motifs is 1. The van der Waals surface area contributed by atoms with Crippen LogP contribution in [0.3, 0.4) is 0 Å². The van der Waals surface area contributed by atoms with Crippen molar-refractivity contribution in [3.05, 3.63) is 102 Å². The number of unbranched alkanes of at least 4 members (excludes halogenated alkanes) is 1. The average molecular weight is 432 g/mol. The fourth-order valence-electron chi connectivity index (χ4n) is 4.20. The van der Waals surface area contributed by atoms with Gasteiger partial charge in [0, 0.05) is 12.0 Å². The molecule has 0 aliphatic heterocycles. The molecule has 0 aliphatic rings. The van der Waals surface area contributed by atoms with E-state index in [9.17, 15) is 5.26 Å². The number of nitriles is 1. The first-order valence-electron chi connectivity index (χ1n) is 11.4. The molecule has 0 saturated heterocycles. The van der Waals surface area contributed by atoms with Crippen molar-refractivity contribution in [3.63, 3.8) is 0 Å². The summed E-state index contributed by atoms with van der Waals surface area (Å²) in [5, 5.41) is 14.4. The Morgan fingerprint density at radius 3 is 2.39 bits per heavy atom. The molecule has 0 atom stereocenters. The molecule has 0 bridgehead atoms. The lowest BCUT2D eigenvalue weighted by Gasteiger charge is -2.09. The van der Waals surface area contributed by atoms with E-state index < -0.39 is 0 Å².